The van der Waals surface area contributed by atoms with Gasteiger partial charge in [0.15, 0.2) is 0 Å². The molecule has 1 fully saturated rings. The largest absolute Gasteiger partial charge is 0.394 e. The molecule has 1 saturated carbocycles. The second kappa shape index (κ2) is 7.05. The number of benzene rings is 1. The lowest BCUT2D eigenvalue weighted by atomic mass is 9.82. The maximum Gasteiger partial charge on any atom is 0.244 e. The molecule has 4 nitrogen and oxygen atoms in total. The van der Waals surface area contributed by atoms with Gasteiger partial charge >= 0.3 is 0 Å². The molecule has 2 rings (SSSR count). The summed E-state index contributed by atoms with van der Waals surface area (Å²) >= 11 is 0. The Hall–Kier alpha value is -2.12. The monoisotopic (exact) mass is 284 g/mol. The van der Waals surface area contributed by atoms with Crippen molar-refractivity contribution in [2.24, 2.45) is 0 Å². The molecule has 1 aromatic rings. The number of nitriles is 1. The van der Waals surface area contributed by atoms with Crippen molar-refractivity contribution in [2.45, 2.75) is 37.6 Å². The molecule has 0 radical (unpaired) electrons. The predicted molar refractivity (Wildman–Crippen MR) is 81.2 cm³/mol. The summed E-state index contributed by atoms with van der Waals surface area (Å²) in [6.07, 6.45) is 8.03. The lowest BCUT2D eigenvalue weighted by Gasteiger charge is -2.36. The summed E-state index contributed by atoms with van der Waals surface area (Å²) in [4.78, 5) is 12.0. The van der Waals surface area contributed by atoms with E-state index in [1.54, 1.807) is 24.3 Å². The minimum atomic E-state index is -0.464. The van der Waals surface area contributed by atoms with Crippen LogP contribution in [0.5, 0.6) is 0 Å². The van der Waals surface area contributed by atoms with E-state index in [-0.39, 0.29) is 12.5 Å². The summed E-state index contributed by atoms with van der Waals surface area (Å²) in [7, 11) is 0. The fourth-order valence-corrected chi connectivity index (χ4v) is 2.74. The minimum Gasteiger partial charge on any atom is -0.394 e. The Morgan fingerprint density at radius 3 is 2.81 bits per heavy atom. The topological polar surface area (TPSA) is 73.1 Å². The van der Waals surface area contributed by atoms with Crippen LogP contribution in [0.15, 0.2) is 30.3 Å². The number of hydrogen-bond acceptors (Lipinski definition) is 3. The number of carbonyl (C=O) groups is 1. The maximum atomic E-state index is 12.0. The molecule has 0 saturated heterocycles. The van der Waals surface area contributed by atoms with Gasteiger partial charge in [0.05, 0.1) is 23.8 Å². The molecule has 0 heterocycles. The molecule has 0 spiro atoms. The Morgan fingerprint density at radius 1 is 1.38 bits per heavy atom. The Bertz CT molecular complexity index is 566. The summed E-state index contributed by atoms with van der Waals surface area (Å²) in [5, 5.41) is 21.3. The third-order valence-corrected chi connectivity index (χ3v) is 3.94. The van der Waals surface area contributed by atoms with E-state index in [2.05, 4.69) is 11.4 Å². The van der Waals surface area contributed by atoms with Gasteiger partial charge in [-0.3, -0.25) is 4.79 Å². The second-order valence-electron chi connectivity index (χ2n) is 5.56. The fourth-order valence-electron chi connectivity index (χ4n) is 2.74. The van der Waals surface area contributed by atoms with Crippen molar-refractivity contribution in [1.82, 2.24) is 5.32 Å². The third kappa shape index (κ3) is 4.17. The van der Waals surface area contributed by atoms with Crippen LogP contribution in [0, 0.1) is 11.3 Å². The van der Waals surface area contributed by atoms with Crippen LogP contribution in [0.1, 0.15) is 43.2 Å². The van der Waals surface area contributed by atoms with Gasteiger partial charge in [-0.15, -0.1) is 0 Å². The van der Waals surface area contributed by atoms with Gasteiger partial charge in [-0.05, 0) is 36.6 Å². The van der Waals surface area contributed by atoms with Crippen molar-refractivity contribution < 1.29 is 9.90 Å². The van der Waals surface area contributed by atoms with Crippen molar-refractivity contribution in [1.29, 1.82) is 5.26 Å². The number of hydrogen-bond donors (Lipinski definition) is 2. The van der Waals surface area contributed by atoms with E-state index >= 15 is 0 Å². The minimum absolute atomic E-state index is 0.0174. The zero-order valence-corrected chi connectivity index (χ0v) is 12.0. The Morgan fingerprint density at radius 2 is 2.14 bits per heavy atom. The maximum absolute atomic E-state index is 12.0. The predicted octanol–water partition coefficient (Wildman–Crippen LogP) is 2.38. The van der Waals surface area contributed by atoms with E-state index in [0.717, 1.165) is 37.7 Å². The van der Waals surface area contributed by atoms with Gasteiger partial charge in [0, 0.05) is 6.08 Å². The Kier molecular flexibility index (Phi) is 5.13. The number of carbonyl (C=O) groups excluding carboxylic acids is 1. The van der Waals surface area contributed by atoms with Crippen LogP contribution in [0.3, 0.4) is 0 Å². The van der Waals surface area contributed by atoms with Crippen LogP contribution in [0.4, 0.5) is 0 Å². The van der Waals surface area contributed by atoms with Crippen LogP contribution in [0.25, 0.3) is 6.08 Å². The molecule has 0 aliphatic heterocycles. The first-order chi connectivity index (χ1) is 10.2. The van der Waals surface area contributed by atoms with Crippen LogP contribution in [-0.4, -0.2) is 23.2 Å². The highest BCUT2D eigenvalue weighted by Gasteiger charge is 2.32. The van der Waals surface area contributed by atoms with Crippen LogP contribution >= 0.6 is 0 Å². The smallest absolute Gasteiger partial charge is 0.244 e. The van der Waals surface area contributed by atoms with Gasteiger partial charge in [-0.1, -0.05) is 31.4 Å². The van der Waals surface area contributed by atoms with E-state index in [4.69, 9.17) is 5.26 Å². The van der Waals surface area contributed by atoms with Crippen LogP contribution in [0.2, 0.25) is 0 Å². The molecule has 0 aromatic heterocycles. The molecule has 0 bridgehead atoms. The van der Waals surface area contributed by atoms with E-state index < -0.39 is 5.54 Å². The SMILES string of the molecule is N#Cc1cccc(C=CC(=O)NC2(CO)CCCCC2)c1. The van der Waals surface area contributed by atoms with Crippen LogP contribution in [-0.2, 0) is 4.79 Å². The molecular formula is C17H20N2O2. The van der Waals surface area contributed by atoms with E-state index in [1.807, 2.05) is 6.07 Å². The molecule has 4 heteroatoms. The van der Waals surface area contributed by atoms with Crippen molar-refractivity contribution in [3.8, 4) is 6.07 Å². The zero-order valence-electron chi connectivity index (χ0n) is 12.0. The number of amides is 1. The van der Waals surface area contributed by atoms with Gasteiger partial charge in [0.2, 0.25) is 5.91 Å². The molecule has 1 aliphatic rings. The first-order valence-corrected chi connectivity index (χ1v) is 7.29. The second-order valence-corrected chi connectivity index (χ2v) is 5.56. The average Bonchev–Trinajstić information content (AvgIpc) is 2.54. The van der Waals surface area contributed by atoms with Gasteiger partial charge in [-0.25, -0.2) is 0 Å². The standard InChI is InChI=1S/C17H20N2O2/c18-12-15-6-4-5-14(11-15)7-8-16(21)19-17(13-20)9-2-1-3-10-17/h4-8,11,20H,1-3,9-10,13H2,(H,19,21). The molecule has 21 heavy (non-hydrogen) atoms. The van der Waals surface area contributed by atoms with Gasteiger partial charge < -0.3 is 10.4 Å². The summed E-state index contributed by atoms with van der Waals surface area (Å²) in [5.74, 6) is -0.201. The molecular weight excluding hydrogens is 264 g/mol. The summed E-state index contributed by atoms with van der Waals surface area (Å²) in [6.45, 7) is -0.0174. The van der Waals surface area contributed by atoms with Gasteiger partial charge in [0.25, 0.3) is 0 Å². The molecule has 1 aliphatic carbocycles. The number of aliphatic hydroxyl groups is 1. The Balaban J connectivity index is 2.00. The van der Waals surface area contributed by atoms with Gasteiger partial charge in [-0.2, -0.15) is 5.26 Å². The van der Waals surface area contributed by atoms with Crippen molar-refractivity contribution >= 4 is 12.0 Å². The molecule has 1 aromatic carbocycles. The van der Waals surface area contributed by atoms with Crippen molar-refractivity contribution in [2.75, 3.05) is 6.61 Å². The van der Waals surface area contributed by atoms with Crippen molar-refractivity contribution in [3.05, 3.63) is 41.5 Å². The fraction of sp³-hybridized carbons (Fsp3) is 0.412. The number of rotatable bonds is 4. The van der Waals surface area contributed by atoms with Crippen molar-refractivity contribution in [3.63, 3.8) is 0 Å². The number of nitrogens with zero attached hydrogens (tertiary/aromatic N) is 1. The highest BCUT2D eigenvalue weighted by molar-refractivity contribution is 5.92. The zero-order chi connectivity index (χ0) is 15.1. The lowest BCUT2D eigenvalue weighted by Crippen LogP contribution is -2.52. The molecule has 110 valence electrons. The first kappa shape index (κ1) is 15.3. The first-order valence-electron chi connectivity index (χ1n) is 7.29. The summed E-state index contributed by atoms with van der Waals surface area (Å²) in [6, 6.07) is 9.14. The highest BCUT2D eigenvalue weighted by atomic mass is 16.3. The van der Waals surface area contributed by atoms with Crippen LogP contribution < -0.4 is 5.32 Å². The van der Waals surface area contributed by atoms with Gasteiger partial charge in [0.1, 0.15) is 0 Å². The third-order valence-electron chi connectivity index (χ3n) is 3.94. The molecule has 1 amide bonds. The number of aliphatic hydroxyl groups excluding tert-OH is 1. The summed E-state index contributed by atoms with van der Waals surface area (Å²) in [5.41, 5.74) is 0.913. The lowest BCUT2D eigenvalue weighted by molar-refractivity contribution is -0.119. The summed E-state index contributed by atoms with van der Waals surface area (Å²) < 4.78 is 0. The highest BCUT2D eigenvalue weighted by Crippen LogP contribution is 2.27. The normalized spacial score (nSPS) is 17.3. The van der Waals surface area contributed by atoms with E-state index in [1.165, 1.54) is 6.08 Å². The quantitative estimate of drug-likeness (QED) is 0.834. The Labute approximate surface area is 125 Å². The number of nitrogens with one attached hydrogen (secondary N) is 1. The average molecular weight is 284 g/mol. The van der Waals surface area contributed by atoms with E-state index in [9.17, 15) is 9.90 Å². The molecule has 2 N–H and O–H groups in total. The molecule has 0 unspecified atom stereocenters. The van der Waals surface area contributed by atoms with E-state index in [0.29, 0.717) is 5.56 Å². The molecule has 0 atom stereocenters.